The number of rotatable bonds is 6. The van der Waals surface area contributed by atoms with Crippen LogP contribution in [0.25, 0.3) is 0 Å². The van der Waals surface area contributed by atoms with Crippen LogP contribution in [0.4, 0.5) is 15.8 Å². The molecule has 2 rings (SSSR count). The predicted octanol–water partition coefficient (Wildman–Crippen LogP) is 3.01. The fourth-order valence-corrected chi connectivity index (χ4v) is 2.23. The van der Waals surface area contributed by atoms with Crippen molar-refractivity contribution in [2.45, 2.75) is 13.0 Å². The molecule has 0 spiro atoms. The molecule has 0 saturated carbocycles. The monoisotopic (exact) mass is 333 g/mol. The van der Waals surface area contributed by atoms with Crippen molar-refractivity contribution in [3.8, 4) is 5.75 Å². The molecular weight excluding hydrogens is 317 g/mol. The first kappa shape index (κ1) is 17.2. The van der Waals surface area contributed by atoms with Gasteiger partial charge in [0, 0.05) is 17.7 Å². The SMILES string of the molecule is COc1ccc([C@H](C)Nc2ccc(C(N)=O)cc2[N+](=O)[O-])cc1F. The number of halogens is 1. The summed E-state index contributed by atoms with van der Waals surface area (Å²) in [5, 5.41) is 14.1. The second-order valence-corrected chi connectivity index (χ2v) is 5.11. The van der Waals surface area contributed by atoms with Crippen LogP contribution in [0.3, 0.4) is 0 Å². The molecule has 0 unspecified atom stereocenters. The summed E-state index contributed by atoms with van der Waals surface area (Å²) in [6.07, 6.45) is 0. The van der Waals surface area contributed by atoms with Crippen molar-refractivity contribution in [1.29, 1.82) is 0 Å². The molecule has 24 heavy (non-hydrogen) atoms. The second-order valence-electron chi connectivity index (χ2n) is 5.11. The van der Waals surface area contributed by atoms with Crippen molar-refractivity contribution in [2.24, 2.45) is 5.73 Å². The highest BCUT2D eigenvalue weighted by molar-refractivity contribution is 5.94. The first-order valence-corrected chi connectivity index (χ1v) is 7.01. The number of primary amides is 1. The second kappa shape index (κ2) is 6.95. The van der Waals surface area contributed by atoms with E-state index in [9.17, 15) is 19.3 Å². The molecule has 0 heterocycles. The van der Waals surface area contributed by atoms with E-state index >= 15 is 0 Å². The van der Waals surface area contributed by atoms with Gasteiger partial charge in [0.1, 0.15) is 5.69 Å². The molecule has 0 radical (unpaired) electrons. The Hall–Kier alpha value is -3.16. The lowest BCUT2D eigenvalue weighted by Gasteiger charge is -2.16. The molecule has 0 fully saturated rings. The van der Waals surface area contributed by atoms with Gasteiger partial charge in [-0.25, -0.2) is 4.39 Å². The lowest BCUT2D eigenvalue weighted by molar-refractivity contribution is -0.384. The summed E-state index contributed by atoms with van der Waals surface area (Å²) in [5.41, 5.74) is 5.67. The van der Waals surface area contributed by atoms with E-state index < -0.39 is 22.7 Å². The molecule has 2 aromatic carbocycles. The highest BCUT2D eigenvalue weighted by Crippen LogP contribution is 2.30. The smallest absolute Gasteiger partial charge is 0.293 e. The molecule has 0 bridgehead atoms. The van der Waals surface area contributed by atoms with Crippen LogP contribution in [-0.4, -0.2) is 17.9 Å². The molecule has 2 aromatic rings. The molecule has 126 valence electrons. The van der Waals surface area contributed by atoms with E-state index in [1.165, 1.54) is 31.4 Å². The number of carbonyl (C=O) groups excluding carboxylic acids is 1. The Morgan fingerprint density at radius 3 is 2.58 bits per heavy atom. The fraction of sp³-hybridized carbons (Fsp3) is 0.188. The summed E-state index contributed by atoms with van der Waals surface area (Å²) in [5.74, 6) is -1.17. The number of ether oxygens (including phenoxy) is 1. The van der Waals surface area contributed by atoms with E-state index in [2.05, 4.69) is 5.32 Å². The van der Waals surface area contributed by atoms with E-state index in [0.717, 1.165) is 6.07 Å². The normalized spacial score (nSPS) is 11.6. The number of nitrogens with two attached hydrogens (primary N) is 1. The molecule has 7 nitrogen and oxygen atoms in total. The molecule has 1 amide bonds. The Balaban J connectivity index is 2.31. The molecule has 0 aliphatic heterocycles. The highest BCUT2D eigenvalue weighted by Gasteiger charge is 2.19. The van der Waals surface area contributed by atoms with Crippen LogP contribution in [-0.2, 0) is 0 Å². The minimum Gasteiger partial charge on any atom is -0.494 e. The molecule has 3 N–H and O–H groups in total. The molecule has 0 aliphatic rings. The number of nitro benzene ring substituents is 1. The summed E-state index contributed by atoms with van der Waals surface area (Å²) < 4.78 is 18.6. The summed E-state index contributed by atoms with van der Waals surface area (Å²) in [6, 6.07) is 7.90. The van der Waals surface area contributed by atoms with Crippen molar-refractivity contribution < 1.29 is 18.8 Å². The average molecular weight is 333 g/mol. The van der Waals surface area contributed by atoms with Crippen LogP contribution < -0.4 is 15.8 Å². The van der Waals surface area contributed by atoms with E-state index in [4.69, 9.17) is 10.5 Å². The Bertz CT molecular complexity index is 795. The summed E-state index contributed by atoms with van der Waals surface area (Å²) in [7, 11) is 1.36. The van der Waals surface area contributed by atoms with Gasteiger partial charge in [-0.2, -0.15) is 0 Å². The average Bonchev–Trinajstić information content (AvgIpc) is 2.54. The van der Waals surface area contributed by atoms with Crippen molar-refractivity contribution in [3.05, 3.63) is 63.5 Å². The zero-order chi connectivity index (χ0) is 17.9. The number of nitrogens with zero attached hydrogens (tertiary/aromatic N) is 1. The first-order valence-electron chi connectivity index (χ1n) is 7.01. The number of hydrogen-bond donors (Lipinski definition) is 2. The van der Waals surface area contributed by atoms with Gasteiger partial charge in [0.2, 0.25) is 5.91 Å². The quantitative estimate of drug-likeness (QED) is 0.624. The Kier molecular flexibility index (Phi) is 4.98. The maximum Gasteiger partial charge on any atom is 0.293 e. The van der Waals surface area contributed by atoms with Gasteiger partial charge in [-0.15, -0.1) is 0 Å². The molecule has 8 heteroatoms. The lowest BCUT2D eigenvalue weighted by Crippen LogP contribution is -2.13. The molecular formula is C16H16FN3O4. The van der Waals surface area contributed by atoms with Crippen LogP contribution in [0.15, 0.2) is 36.4 Å². The van der Waals surface area contributed by atoms with E-state index in [0.29, 0.717) is 5.56 Å². The van der Waals surface area contributed by atoms with Crippen LogP contribution >= 0.6 is 0 Å². The number of amides is 1. The lowest BCUT2D eigenvalue weighted by atomic mass is 10.1. The third kappa shape index (κ3) is 3.60. The van der Waals surface area contributed by atoms with Gasteiger partial charge in [0.15, 0.2) is 11.6 Å². The van der Waals surface area contributed by atoms with Gasteiger partial charge in [-0.3, -0.25) is 14.9 Å². The Labute approximate surface area is 137 Å². The minimum absolute atomic E-state index is 0.0374. The Morgan fingerprint density at radius 2 is 2.04 bits per heavy atom. The molecule has 0 aromatic heterocycles. The maximum atomic E-state index is 13.8. The summed E-state index contributed by atoms with van der Waals surface area (Å²) in [4.78, 5) is 21.7. The molecule has 0 saturated heterocycles. The number of benzene rings is 2. The zero-order valence-corrected chi connectivity index (χ0v) is 13.1. The summed E-state index contributed by atoms with van der Waals surface area (Å²) >= 11 is 0. The Morgan fingerprint density at radius 1 is 1.33 bits per heavy atom. The first-order chi connectivity index (χ1) is 11.3. The number of methoxy groups -OCH3 is 1. The largest absolute Gasteiger partial charge is 0.494 e. The van der Waals surface area contributed by atoms with Crippen LogP contribution in [0.2, 0.25) is 0 Å². The fourth-order valence-electron chi connectivity index (χ4n) is 2.23. The number of nitro groups is 1. The third-order valence-electron chi connectivity index (χ3n) is 3.53. The predicted molar refractivity (Wildman–Crippen MR) is 86.6 cm³/mol. The maximum absolute atomic E-state index is 13.8. The van der Waals surface area contributed by atoms with E-state index in [1.54, 1.807) is 13.0 Å². The standard InChI is InChI=1S/C16H16FN3O4/c1-9(10-4-6-15(24-2)12(17)7-10)19-13-5-3-11(16(18)21)8-14(13)20(22)23/h3-9,19H,1-2H3,(H2,18,21)/t9-/m0/s1. The van der Waals surface area contributed by atoms with Gasteiger partial charge in [0.25, 0.3) is 5.69 Å². The highest BCUT2D eigenvalue weighted by atomic mass is 19.1. The third-order valence-corrected chi connectivity index (χ3v) is 3.53. The topological polar surface area (TPSA) is 107 Å². The van der Waals surface area contributed by atoms with Crippen molar-refractivity contribution >= 4 is 17.3 Å². The van der Waals surface area contributed by atoms with Crippen molar-refractivity contribution in [2.75, 3.05) is 12.4 Å². The van der Waals surface area contributed by atoms with E-state index in [1.807, 2.05) is 0 Å². The van der Waals surface area contributed by atoms with Crippen LogP contribution in [0.5, 0.6) is 5.75 Å². The number of carbonyl (C=O) groups is 1. The summed E-state index contributed by atoms with van der Waals surface area (Å²) in [6.45, 7) is 1.73. The van der Waals surface area contributed by atoms with Crippen molar-refractivity contribution in [3.63, 3.8) is 0 Å². The van der Waals surface area contributed by atoms with Gasteiger partial charge < -0.3 is 15.8 Å². The number of anilines is 1. The van der Waals surface area contributed by atoms with Crippen LogP contribution in [0, 0.1) is 15.9 Å². The molecule has 1 atom stereocenters. The van der Waals surface area contributed by atoms with Crippen LogP contribution in [0.1, 0.15) is 28.9 Å². The number of hydrogen-bond acceptors (Lipinski definition) is 5. The van der Waals surface area contributed by atoms with Crippen molar-refractivity contribution in [1.82, 2.24) is 0 Å². The molecule has 0 aliphatic carbocycles. The zero-order valence-electron chi connectivity index (χ0n) is 13.1. The van der Waals surface area contributed by atoms with Gasteiger partial charge >= 0.3 is 0 Å². The van der Waals surface area contributed by atoms with E-state index in [-0.39, 0.29) is 22.7 Å². The van der Waals surface area contributed by atoms with Gasteiger partial charge in [0.05, 0.1) is 12.0 Å². The number of nitrogens with one attached hydrogen (secondary N) is 1. The van der Waals surface area contributed by atoms with Gasteiger partial charge in [-0.1, -0.05) is 6.07 Å². The van der Waals surface area contributed by atoms with Gasteiger partial charge in [-0.05, 0) is 36.8 Å². The minimum atomic E-state index is -0.755.